The Hall–Kier alpha value is -1.40. The molecule has 0 bridgehead atoms. The summed E-state index contributed by atoms with van der Waals surface area (Å²) in [6, 6.07) is 1.70. The van der Waals surface area contributed by atoms with Gasteiger partial charge in [-0.2, -0.15) is 4.98 Å². The Morgan fingerprint density at radius 1 is 1.47 bits per heavy atom. The van der Waals surface area contributed by atoms with E-state index in [9.17, 15) is 0 Å². The number of nitrogen functional groups attached to an aromatic ring is 1. The van der Waals surface area contributed by atoms with Crippen molar-refractivity contribution in [3.63, 3.8) is 0 Å². The zero-order chi connectivity index (χ0) is 13.7. The minimum atomic E-state index is 0.167. The highest BCUT2D eigenvalue weighted by Crippen LogP contribution is 2.19. The summed E-state index contributed by atoms with van der Waals surface area (Å²) in [5, 5.41) is 0. The van der Waals surface area contributed by atoms with Gasteiger partial charge in [0.1, 0.15) is 18.2 Å². The van der Waals surface area contributed by atoms with Crippen LogP contribution in [0.3, 0.4) is 0 Å². The fraction of sp³-hybridized carbons (Fsp3) is 0.692. The number of aromatic nitrogens is 2. The van der Waals surface area contributed by atoms with Crippen molar-refractivity contribution in [2.45, 2.75) is 45.1 Å². The number of hydrogen-bond acceptors (Lipinski definition) is 6. The maximum Gasteiger partial charge on any atom is 0.218 e. The minimum Gasteiger partial charge on any atom is -0.475 e. The molecule has 3 N–H and O–H groups in total. The Bertz CT molecular complexity index is 406. The molecule has 0 spiro atoms. The molecule has 1 fully saturated rings. The smallest absolute Gasteiger partial charge is 0.218 e. The number of rotatable bonds is 5. The van der Waals surface area contributed by atoms with Crippen LogP contribution in [0.4, 0.5) is 5.82 Å². The van der Waals surface area contributed by atoms with Gasteiger partial charge in [-0.05, 0) is 19.3 Å². The summed E-state index contributed by atoms with van der Waals surface area (Å²) in [4.78, 5) is 8.67. The first kappa shape index (κ1) is 14.0. The highest BCUT2D eigenvalue weighted by Gasteiger charge is 2.15. The van der Waals surface area contributed by atoms with Crippen molar-refractivity contribution in [2.24, 2.45) is 5.84 Å². The van der Waals surface area contributed by atoms with E-state index < -0.39 is 0 Å². The third-order valence-electron chi connectivity index (χ3n) is 3.08. The van der Waals surface area contributed by atoms with Gasteiger partial charge in [0.15, 0.2) is 0 Å². The number of hydrogen-bond donors (Lipinski definition) is 2. The molecule has 0 aliphatic carbocycles. The van der Waals surface area contributed by atoms with Crippen LogP contribution < -0.4 is 16.0 Å². The monoisotopic (exact) mass is 266 g/mol. The lowest BCUT2D eigenvalue weighted by Gasteiger charge is -2.22. The molecule has 0 saturated carbocycles. The first-order valence-corrected chi connectivity index (χ1v) is 6.79. The molecule has 1 unspecified atom stereocenters. The van der Waals surface area contributed by atoms with Crippen LogP contribution in [0.1, 0.15) is 44.9 Å². The molecular formula is C13H22N4O2. The first-order chi connectivity index (χ1) is 9.19. The molecule has 106 valence electrons. The number of hydrazine groups is 1. The Labute approximate surface area is 113 Å². The van der Waals surface area contributed by atoms with Crippen LogP contribution in [0.2, 0.25) is 0 Å². The molecule has 1 aromatic rings. The topological polar surface area (TPSA) is 82.3 Å². The van der Waals surface area contributed by atoms with Crippen LogP contribution in [0, 0.1) is 0 Å². The number of ether oxygens (including phenoxy) is 2. The highest BCUT2D eigenvalue weighted by molar-refractivity contribution is 5.37. The van der Waals surface area contributed by atoms with Crippen molar-refractivity contribution in [3.8, 4) is 5.88 Å². The van der Waals surface area contributed by atoms with E-state index in [2.05, 4.69) is 15.4 Å². The van der Waals surface area contributed by atoms with Gasteiger partial charge >= 0.3 is 0 Å². The van der Waals surface area contributed by atoms with Gasteiger partial charge in [0.05, 0.1) is 6.10 Å². The molecule has 1 aliphatic rings. The minimum absolute atomic E-state index is 0.167. The molecule has 6 nitrogen and oxygen atoms in total. The molecule has 1 aliphatic heterocycles. The lowest BCUT2D eigenvalue weighted by molar-refractivity contribution is -0.0120. The zero-order valence-corrected chi connectivity index (χ0v) is 11.6. The van der Waals surface area contributed by atoms with E-state index in [1.807, 2.05) is 13.8 Å². The molecule has 1 saturated heterocycles. The Kier molecular flexibility index (Phi) is 4.93. The van der Waals surface area contributed by atoms with Crippen molar-refractivity contribution in [2.75, 3.05) is 18.6 Å². The van der Waals surface area contributed by atoms with Gasteiger partial charge in [0.2, 0.25) is 5.88 Å². The van der Waals surface area contributed by atoms with E-state index in [1.165, 1.54) is 6.42 Å². The average molecular weight is 266 g/mol. The molecule has 1 aromatic heterocycles. The lowest BCUT2D eigenvalue weighted by Crippen LogP contribution is -2.26. The summed E-state index contributed by atoms with van der Waals surface area (Å²) in [7, 11) is 0. The largest absolute Gasteiger partial charge is 0.475 e. The molecular weight excluding hydrogens is 244 g/mol. The summed E-state index contributed by atoms with van der Waals surface area (Å²) in [5.41, 5.74) is 2.54. The van der Waals surface area contributed by atoms with E-state index >= 15 is 0 Å². The molecule has 2 heterocycles. The molecule has 19 heavy (non-hydrogen) atoms. The Morgan fingerprint density at radius 3 is 2.95 bits per heavy atom. The van der Waals surface area contributed by atoms with Crippen LogP contribution in [0.25, 0.3) is 0 Å². The fourth-order valence-electron chi connectivity index (χ4n) is 1.97. The number of nitrogens with one attached hydrogen (secondary N) is 1. The molecule has 2 rings (SSSR count). The lowest BCUT2D eigenvalue weighted by atomic mass is 10.1. The third-order valence-corrected chi connectivity index (χ3v) is 3.08. The fourth-order valence-corrected chi connectivity index (χ4v) is 1.97. The van der Waals surface area contributed by atoms with Gasteiger partial charge in [0, 0.05) is 18.6 Å². The van der Waals surface area contributed by atoms with E-state index in [4.69, 9.17) is 15.3 Å². The number of nitrogens with zero attached hydrogens (tertiary/aromatic N) is 2. The molecule has 6 heteroatoms. The molecule has 1 atom stereocenters. The molecule has 0 radical (unpaired) electrons. The summed E-state index contributed by atoms with van der Waals surface area (Å²) in [6.45, 7) is 5.41. The predicted octanol–water partition coefficient (Wildman–Crippen LogP) is 1.83. The number of nitrogens with two attached hydrogens (primary N) is 1. The third kappa shape index (κ3) is 4.04. The van der Waals surface area contributed by atoms with Crippen LogP contribution in [0.5, 0.6) is 5.88 Å². The van der Waals surface area contributed by atoms with Gasteiger partial charge in [-0.15, -0.1) is 0 Å². The van der Waals surface area contributed by atoms with Crippen LogP contribution in [-0.2, 0) is 4.74 Å². The van der Waals surface area contributed by atoms with Crippen molar-refractivity contribution in [1.82, 2.24) is 9.97 Å². The maximum atomic E-state index is 5.71. The Morgan fingerprint density at radius 2 is 2.32 bits per heavy atom. The second-order valence-corrected chi connectivity index (χ2v) is 5.05. The normalized spacial score (nSPS) is 19.5. The predicted molar refractivity (Wildman–Crippen MR) is 73.0 cm³/mol. The first-order valence-electron chi connectivity index (χ1n) is 6.79. The highest BCUT2D eigenvalue weighted by atomic mass is 16.5. The number of anilines is 1. The van der Waals surface area contributed by atoms with Crippen LogP contribution in [-0.4, -0.2) is 29.3 Å². The van der Waals surface area contributed by atoms with Crippen molar-refractivity contribution in [1.29, 1.82) is 0 Å². The zero-order valence-electron chi connectivity index (χ0n) is 11.6. The second kappa shape index (κ2) is 6.68. The molecule has 0 aromatic carbocycles. The van der Waals surface area contributed by atoms with E-state index in [-0.39, 0.29) is 12.0 Å². The van der Waals surface area contributed by atoms with Gasteiger partial charge in [-0.1, -0.05) is 13.8 Å². The summed E-state index contributed by atoms with van der Waals surface area (Å²) < 4.78 is 11.3. The van der Waals surface area contributed by atoms with Crippen molar-refractivity contribution < 1.29 is 9.47 Å². The van der Waals surface area contributed by atoms with Crippen LogP contribution >= 0.6 is 0 Å². The average Bonchev–Trinajstić information content (AvgIpc) is 2.45. The standard InChI is InChI=1S/C13H22N4O2/c1-9(2)13-15-11(17-14)7-12(16-13)19-8-10-5-3-4-6-18-10/h7,9-10H,3-6,8,14H2,1-2H3,(H,15,16,17). The second-order valence-electron chi connectivity index (χ2n) is 5.05. The Balaban J connectivity index is 2.00. The van der Waals surface area contributed by atoms with Gasteiger partial charge < -0.3 is 14.9 Å². The molecule has 0 amide bonds. The van der Waals surface area contributed by atoms with Gasteiger partial charge in [0.25, 0.3) is 0 Å². The van der Waals surface area contributed by atoms with Crippen molar-refractivity contribution >= 4 is 5.82 Å². The summed E-state index contributed by atoms with van der Waals surface area (Å²) in [5.74, 6) is 7.46. The summed E-state index contributed by atoms with van der Waals surface area (Å²) in [6.07, 6.45) is 3.55. The van der Waals surface area contributed by atoms with Crippen LogP contribution in [0.15, 0.2) is 6.07 Å². The quantitative estimate of drug-likeness (QED) is 0.625. The van der Waals surface area contributed by atoms with E-state index in [0.717, 1.165) is 25.3 Å². The SMILES string of the molecule is CC(C)c1nc(NN)cc(OCC2CCCCO2)n1. The van der Waals surface area contributed by atoms with Crippen molar-refractivity contribution in [3.05, 3.63) is 11.9 Å². The summed E-state index contributed by atoms with van der Waals surface area (Å²) >= 11 is 0. The maximum absolute atomic E-state index is 5.71. The van der Waals surface area contributed by atoms with E-state index in [1.54, 1.807) is 6.07 Å². The van der Waals surface area contributed by atoms with E-state index in [0.29, 0.717) is 18.3 Å². The van der Waals surface area contributed by atoms with Gasteiger partial charge in [-0.25, -0.2) is 10.8 Å². The van der Waals surface area contributed by atoms with Gasteiger partial charge in [-0.3, -0.25) is 0 Å².